The number of carboxylic acid groups (broad SMARTS) is 1. The lowest BCUT2D eigenvalue weighted by molar-refractivity contribution is -0.314. The van der Waals surface area contributed by atoms with Gasteiger partial charge in [-0.1, -0.05) is 0 Å². The van der Waals surface area contributed by atoms with E-state index in [9.17, 15) is 14.7 Å². The molecule has 0 aromatic carbocycles. The van der Waals surface area contributed by atoms with Crippen LogP contribution in [-0.2, 0) is 16.1 Å². The van der Waals surface area contributed by atoms with E-state index in [1.807, 2.05) is 10.8 Å². The SMILES string of the molecule is O=C([O-])[C@H]1[C@H]2CC[C@H](C2)[C@@H]1C(=O)NCCCn1ccnc1. The van der Waals surface area contributed by atoms with Gasteiger partial charge in [0.1, 0.15) is 0 Å². The van der Waals surface area contributed by atoms with Crippen molar-refractivity contribution in [2.45, 2.75) is 32.2 Å². The molecule has 2 aliphatic carbocycles. The maximum Gasteiger partial charge on any atom is 0.224 e. The first-order valence-electron chi connectivity index (χ1n) is 7.61. The molecule has 2 bridgehead atoms. The third-order valence-corrected chi connectivity index (χ3v) is 4.94. The zero-order valence-electron chi connectivity index (χ0n) is 11.9. The largest absolute Gasteiger partial charge is 0.550 e. The second-order valence-electron chi connectivity index (χ2n) is 6.15. The molecule has 1 amide bonds. The summed E-state index contributed by atoms with van der Waals surface area (Å²) < 4.78 is 1.95. The van der Waals surface area contributed by atoms with Crippen molar-refractivity contribution in [2.75, 3.05) is 6.54 Å². The highest BCUT2D eigenvalue weighted by atomic mass is 16.4. The molecule has 1 N–H and O–H groups in total. The summed E-state index contributed by atoms with van der Waals surface area (Å²) in [5, 5.41) is 14.2. The van der Waals surface area contributed by atoms with Crippen LogP contribution in [0.3, 0.4) is 0 Å². The van der Waals surface area contributed by atoms with E-state index in [0.717, 1.165) is 32.2 Å². The third kappa shape index (κ3) is 2.80. The molecule has 2 fully saturated rings. The minimum Gasteiger partial charge on any atom is -0.550 e. The smallest absolute Gasteiger partial charge is 0.224 e. The standard InChI is InChI=1S/C15H21N3O3/c19-14(17-4-1-6-18-7-5-16-9-18)12-10-2-3-11(8-10)13(12)15(20)21/h5,7,9-13H,1-4,6,8H2,(H,17,19)(H,20,21)/p-1/t10-,11+,12+,13+/m1/s1. The van der Waals surface area contributed by atoms with Crippen molar-refractivity contribution in [1.29, 1.82) is 0 Å². The fraction of sp³-hybridized carbons (Fsp3) is 0.667. The molecule has 114 valence electrons. The van der Waals surface area contributed by atoms with Gasteiger partial charge in [0.05, 0.1) is 6.33 Å². The van der Waals surface area contributed by atoms with Crippen LogP contribution in [-0.4, -0.2) is 28.0 Å². The molecule has 6 heteroatoms. The van der Waals surface area contributed by atoms with Crippen molar-refractivity contribution in [3.05, 3.63) is 18.7 Å². The Kier molecular flexibility index (Phi) is 3.94. The van der Waals surface area contributed by atoms with Gasteiger partial charge in [-0.25, -0.2) is 4.98 Å². The highest BCUT2D eigenvalue weighted by molar-refractivity contribution is 5.85. The van der Waals surface area contributed by atoms with E-state index < -0.39 is 11.9 Å². The number of carboxylic acids is 1. The summed E-state index contributed by atoms with van der Waals surface area (Å²) >= 11 is 0. The molecule has 6 nitrogen and oxygen atoms in total. The zero-order valence-corrected chi connectivity index (χ0v) is 11.9. The lowest BCUT2D eigenvalue weighted by atomic mass is 9.78. The van der Waals surface area contributed by atoms with E-state index in [1.165, 1.54) is 0 Å². The van der Waals surface area contributed by atoms with Crippen molar-refractivity contribution in [3.8, 4) is 0 Å². The molecule has 3 rings (SSSR count). The van der Waals surface area contributed by atoms with Crippen LogP contribution in [0.1, 0.15) is 25.7 Å². The first-order valence-corrected chi connectivity index (χ1v) is 7.61. The fourth-order valence-electron chi connectivity index (χ4n) is 4.02. The Hall–Kier alpha value is -1.85. The molecule has 0 radical (unpaired) electrons. The van der Waals surface area contributed by atoms with Crippen LogP contribution in [0.5, 0.6) is 0 Å². The van der Waals surface area contributed by atoms with Crippen LogP contribution in [0, 0.1) is 23.7 Å². The van der Waals surface area contributed by atoms with Crippen LogP contribution in [0.2, 0.25) is 0 Å². The van der Waals surface area contributed by atoms with E-state index in [-0.39, 0.29) is 23.7 Å². The van der Waals surface area contributed by atoms with Crippen molar-refractivity contribution >= 4 is 11.9 Å². The molecule has 21 heavy (non-hydrogen) atoms. The normalized spacial score (nSPS) is 30.5. The number of nitrogens with one attached hydrogen (secondary N) is 1. The number of aliphatic carboxylic acids is 1. The molecule has 0 aliphatic heterocycles. The van der Waals surface area contributed by atoms with Crippen molar-refractivity contribution in [2.24, 2.45) is 23.7 Å². The highest BCUT2D eigenvalue weighted by Crippen LogP contribution is 2.52. The van der Waals surface area contributed by atoms with Gasteiger partial charge in [0.25, 0.3) is 0 Å². The predicted octanol–water partition coefficient (Wildman–Crippen LogP) is -0.198. The van der Waals surface area contributed by atoms with Gasteiger partial charge in [-0.05, 0) is 37.5 Å². The first kappa shape index (κ1) is 14.1. The number of amides is 1. The second-order valence-corrected chi connectivity index (χ2v) is 6.15. The Labute approximate surface area is 123 Å². The molecule has 0 spiro atoms. The maximum absolute atomic E-state index is 12.3. The number of rotatable bonds is 6. The average Bonchev–Trinajstić information content (AvgIpc) is 3.18. The summed E-state index contributed by atoms with van der Waals surface area (Å²) in [5.74, 6) is -1.77. The first-order chi connectivity index (χ1) is 10.2. The number of carbonyl (C=O) groups is 2. The number of fused-ring (bicyclic) bond motifs is 2. The number of carbonyl (C=O) groups excluding carboxylic acids is 2. The van der Waals surface area contributed by atoms with E-state index in [1.54, 1.807) is 12.5 Å². The Morgan fingerprint density at radius 2 is 2.05 bits per heavy atom. The number of aryl methyl sites for hydroxylation is 1. The van der Waals surface area contributed by atoms with Crippen LogP contribution in [0.4, 0.5) is 0 Å². The molecule has 1 aromatic rings. The number of aromatic nitrogens is 2. The quantitative estimate of drug-likeness (QED) is 0.735. The van der Waals surface area contributed by atoms with E-state index in [0.29, 0.717) is 6.54 Å². The van der Waals surface area contributed by atoms with Crippen molar-refractivity contribution in [3.63, 3.8) is 0 Å². The molecule has 1 aromatic heterocycles. The monoisotopic (exact) mass is 290 g/mol. The van der Waals surface area contributed by atoms with Crippen molar-refractivity contribution in [1.82, 2.24) is 14.9 Å². The predicted molar refractivity (Wildman–Crippen MR) is 72.7 cm³/mol. The number of hydrogen-bond acceptors (Lipinski definition) is 4. The number of imidazole rings is 1. The Balaban J connectivity index is 1.49. The van der Waals surface area contributed by atoms with E-state index in [2.05, 4.69) is 10.3 Å². The van der Waals surface area contributed by atoms with Gasteiger partial charge >= 0.3 is 0 Å². The molecule has 0 saturated heterocycles. The van der Waals surface area contributed by atoms with Crippen molar-refractivity contribution < 1.29 is 14.7 Å². The minimum atomic E-state index is -1.05. The Bertz CT molecular complexity index is 514. The fourth-order valence-corrected chi connectivity index (χ4v) is 4.02. The van der Waals surface area contributed by atoms with Gasteiger partial charge in [-0.15, -0.1) is 0 Å². The van der Waals surface area contributed by atoms with Gasteiger partial charge in [-0.2, -0.15) is 0 Å². The number of hydrogen-bond donors (Lipinski definition) is 1. The molecule has 4 atom stereocenters. The zero-order chi connectivity index (χ0) is 14.8. The lowest BCUT2D eigenvalue weighted by Crippen LogP contribution is -2.46. The Morgan fingerprint density at radius 1 is 1.29 bits per heavy atom. The third-order valence-electron chi connectivity index (χ3n) is 4.94. The molecule has 1 heterocycles. The molecule has 2 saturated carbocycles. The summed E-state index contributed by atoms with van der Waals surface area (Å²) in [6, 6.07) is 0. The van der Waals surface area contributed by atoms with E-state index in [4.69, 9.17) is 0 Å². The Morgan fingerprint density at radius 3 is 2.71 bits per heavy atom. The molecule has 2 aliphatic rings. The topological polar surface area (TPSA) is 87.0 Å². The van der Waals surface area contributed by atoms with Gasteiger partial charge in [0.15, 0.2) is 0 Å². The van der Waals surface area contributed by atoms with Gasteiger partial charge in [0.2, 0.25) is 5.91 Å². The molecular formula is C15H20N3O3-. The van der Waals surface area contributed by atoms with Crippen LogP contribution >= 0.6 is 0 Å². The highest BCUT2D eigenvalue weighted by Gasteiger charge is 2.51. The van der Waals surface area contributed by atoms with E-state index >= 15 is 0 Å². The van der Waals surface area contributed by atoms with Gasteiger partial charge < -0.3 is 19.8 Å². The minimum absolute atomic E-state index is 0.109. The van der Waals surface area contributed by atoms with Gasteiger partial charge in [0, 0.05) is 43.3 Å². The second kappa shape index (κ2) is 5.87. The average molecular weight is 290 g/mol. The summed E-state index contributed by atoms with van der Waals surface area (Å²) in [7, 11) is 0. The summed E-state index contributed by atoms with van der Waals surface area (Å²) in [5.41, 5.74) is 0. The van der Waals surface area contributed by atoms with Crippen LogP contribution in [0.15, 0.2) is 18.7 Å². The van der Waals surface area contributed by atoms with Crippen LogP contribution in [0.25, 0.3) is 0 Å². The van der Waals surface area contributed by atoms with Gasteiger partial charge in [-0.3, -0.25) is 4.79 Å². The molecular weight excluding hydrogens is 270 g/mol. The summed E-state index contributed by atoms with van der Waals surface area (Å²) in [6.07, 6.45) is 8.91. The van der Waals surface area contributed by atoms with Crippen LogP contribution < -0.4 is 10.4 Å². The maximum atomic E-state index is 12.3. The number of nitrogens with zero attached hydrogens (tertiary/aromatic N) is 2. The lowest BCUT2D eigenvalue weighted by Gasteiger charge is -2.30. The summed E-state index contributed by atoms with van der Waals surface area (Å²) in [6.45, 7) is 1.35. The molecule has 0 unspecified atom stereocenters. The summed E-state index contributed by atoms with van der Waals surface area (Å²) in [4.78, 5) is 27.5.